The SMILES string of the molecule is CCCCCCCCCCO[C@H]1O[C@H](CO)[C@@H](O)[C@H](O)[C@@H]1NC(C)=O. The predicted octanol–water partition coefficient (Wildman–Crippen LogP) is 1.09. The summed E-state index contributed by atoms with van der Waals surface area (Å²) < 4.78 is 11.2. The zero-order valence-electron chi connectivity index (χ0n) is 15.5. The van der Waals surface area contributed by atoms with Gasteiger partial charge in [-0.05, 0) is 6.42 Å². The summed E-state index contributed by atoms with van der Waals surface area (Å²) in [5.74, 6) is -0.344. The summed E-state index contributed by atoms with van der Waals surface area (Å²) in [5, 5.41) is 31.9. The Bertz CT molecular complexity index is 367. The normalized spacial score (nSPS) is 29.6. The lowest BCUT2D eigenvalue weighted by Gasteiger charge is -2.42. The second kappa shape index (κ2) is 12.6. The van der Waals surface area contributed by atoms with Crippen molar-refractivity contribution in [1.82, 2.24) is 5.32 Å². The minimum absolute atomic E-state index is 0.344. The van der Waals surface area contributed by atoms with Crippen molar-refractivity contribution in [2.45, 2.75) is 95.9 Å². The van der Waals surface area contributed by atoms with Gasteiger partial charge in [-0.1, -0.05) is 51.9 Å². The first kappa shape index (κ1) is 22.3. The van der Waals surface area contributed by atoms with Gasteiger partial charge in [0.15, 0.2) is 6.29 Å². The van der Waals surface area contributed by atoms with Crippen LogP contribution >= 0.6 is 0 Å². The van der Waals surface area contributed by atoms with Gasteiger partial charge in [-0.2, -0.15) is 0 Å². The predicted molar refractivity (Wildman–Crippen MR) is 93.9 cm³/mol. The molecule has 1 amide bonds. The van der Waals surface area contributed by atoms with E-state index in [9.17, 15) is 20.1 Å². The van der Waals surface area contributed by atoms with Gasteiger partial charge in [0.25, 0.3) is 0 Å². The summed E-state index contributed by atoms with van der Waals surface area (Å²) in [6.45, 7) is 3.54. The van der Waals surface area contributed by atoms with E-state index in [1.165, 1.54) is 39.0 Å². The average molecular weight is 361 g/mol. The van der Waals surface area contributed by atoms with Crippen LogP contribution in [0.25, 0.3) is 0 Å². The van der Waals surface area contributed by atoms with Crippen molar-refractivity contribution in [3.8, 4) is 0 Å². The highest BCUT2D eigenvalue weighted by atomic mass is 16.7. The molecule has 1 heterocycles. The number of ether oxygens (including phenoxy) is 2. The second-order valence-electron chi connectivity index (χ2n) is 6.78. The van der Waals surface area contributed by atoms with Gasteiger partial charge in [0.2, 0.25) is 5.91 Å². The van der Waals surface area contributed by atoms with Crippen molar-refractivity contribution in [3.63, 3.8) is 0 Å². The number of aliphatic hydroxyl groups is 3. The number of hydrogen-bond donors (Lipinski definition) is 4. The zero-order chi connectivity index (χ0) is 18.7. The molecule has 148 valence electrons. The first-order chi connectivity index (χ1) is 12.0. The molecule has 1 rings (SSSR count). The summed E-state index contributed by atoms with van der Waals surface area (Å²) in [6, 6.07) is -0.857. The van der Waals surface area contributed by atoms with E-state index < -0.39 is 37.3 Å². The Balaban J connectivity index is 2.33. The topological polar surface area (TPSA) is 108 Å². The number of aliphatic hydroxyl groups excluding tert-OH is 3. The van der Waals surface area contributed by atoms with E-state index in [0.717, 1.165) is 19.3 Å². The van der Waals surface area contributed by atoms with Crippen LogP contribution in [0.5, 0.6) is 0 Å². The van der Waals surface area contributed by atoms with Crippen molar-refractivity contribution in [2.75, 3.05) is 13.2 Å². The van der Waals surface area contributed by atoms with Gasteiger partial charge in [-0.15, -0.1) is 0 Å². The molecular weight excluding hydrogens is 326 g/mol. The van der Waals surface area contributed by atoms with Crippen molar-refractivity contribution in [3.05, 3.63) is 0 Å². The molecule has 0 aromatic rings. The minimum Gasteiger partial charge on any atom is -0.394 e. The third kappa shape index (κ3) is 8.00. The highest BCUT2D eigenvalue weighted by Gasteiger charge is 2.45. The van der Waals surface area contributed by atoms with E-state index in [0.29, 0.717) is 6.61 Å². The Kier molecular flexibility index (Phi) is 11.2. The molecule has 7 heteroatoms. The molecule has 0 saturated carbocycles. The Morgan fingerprint density at radius 1 is 1.04 bits per heavy atom. The maximum Gasteiger partial charge on any atom is 0.217 e. The van der Waals surface area contributed by atoms with Gasteiger partial charge < -0.3 is 30.1 Å². The molecule has 0 aromatic carbocycles. The quantitative estimate of drug-likeness (QED) is 0.388. The number of nitrogens with one attached hydrogen (secondary N) is 1. The van der Waals surface area contributed by atoms with Crippen LogP contribution in [0.2, 0.25) is 0 Å². The Morgan fingerprint density at radius 3 is 2.20 bits per heavy atom. The molecule has 1 fully saturated rings. The van der Waals surface area contributed by atoms with Crippen LogP contribution in [-0.2, 0) is 14.3 Å². The van der Waals surface area contributed by atoms with Crippen molar-refractivity contribution in [1.29, 1.82) is 0 Å². The number of unbranched alkanes of at least 4 members (excludes halogenated alkanes) is 7. The molecule has 0 spiro atoms. The fourth-order valence-corrected chi connectivity index (χ4v) is 3.05. The summed E-state index contributed by atoms with van der Waals surface area (Å²) in [7, 11) is 0. The van der Waals surface area contributed by atoms with Crippen LogP contribution in [0.15, 0.2) is 0 Å². The monoisotopic (exact) mass is 361 g/mol. The average Bonchev–Trinajstić information content (AvgIpc) is 2.59. The standard InChI is InChI=1S/C18H35NO6/c1-3-4-5-6-7-8-9-10-11-24-18-15(19-13(2)21)17(23)16(22)14(12-20)25-18/h14-18,20,22-23H,3-12H2,1-2H3,(H,19,21)/t14-,15+,16-,17-,18+/m1/s1. The number of carbonyl (C=O) groups excluding carboxylic acids is 1. The van der Waals surface area contributed by atoms with Crippen LogP contribution in [-0.4, -0.2) is 65.1 Å². The molecule has 0 unspecified atom stereocenters. The lowest BCUT2D eigenvalue weighted by molar-refractivity contribution is -0.270. The van der Waals surface area contributed by atoms with E-state index in [4.69, 9.17) is 9.47 Å². The van der Waals surface area contributed by atoms with Gasteiger partial charge in [0.1, 0.15) is 24.4 Å². The molecule has 1 aliphatic heterocycles. The smallest absolute Gasteiger partial charge is 0.217 e. The first-order valence-electron chi connectivity index (χ1n) is 9.52. The van der Waals surface area contributed by atoms with Gasteiger partial charge >= 0.3 is 0 Å². The summed E-state index contributed by atoms with van der Waals surface area (Å²) in [5.41, 5.74) is 0. The van der Waals surface area contributed by atoms with Crippen LogP contribution in [0.4, 0.5) is 0 Å². The lowest BCUT2D eigenvalue weighted by Crippen LogP contribution is -2.64. The molecular formula is C18H35NO6. The lowest BCUT2D eigenvalue weighted by atomic mass is 9.97. The fraction of sp³-hybridized carbons (Fsp3) is 0.944. The molecule has 1 saturated heterocycles. The Morgan fingerprint density at radius 2 is 1.64 bits per heavy atom. The van der Waals surface area contributed by atoms with E-state index >= 15 is 0 Å². The van der Waals surface area contributed by atoms with Crippen LogP contribution < -0.4 is 5.32 Å². The molecule has 7 nitrogen and oxygen atoms in total. The van der Waals surface area contributed by atoms with Crippen molar-refractivity contribution in [2.24, 2.45) is 0 Å². The van der Waals surface area contributed by atoms with Gasteiger partial charge in [-0.25, -0.2) is 0 Å². The minimum atomic E-state index is -1.27. The first-order valence-corrected chi connectivity index (χ1v) is 9.52. The number of hydrogen-bond acceptors (Lipinski definition) is 6. The fourth-order valence-electron chi connectivity index (χ4n) is 3.05. The van der Waals surface area contributed by atoms with Crippen LogP contribution in [0, 0.1) is 0 Å². The number of rotatable bonds is 12. The van der Waals surface area contributed by atoms with Crippen molar-refractivity contribution < 1.29 is 29.6 Å². The van der Waals surface area contributed by atoms with Crippen LogP contribution in [0.1, 0.15) is 65.2 Å². The zero-order valence-corrected chi connectivity index (χ0v) is 15.5. The van der Waals surface area contributed by atoms with Crippen molar-refractivity contribution >= 4 is 5.91 Å². The molecule has 0 aromatic heterocycles. The van der Waals surface area contributed by atoms with E-state index in [2.05, 4.69) is 12.2 Å². The maximum absolute atomic E-state index is 11.3. The highest BCUT2D eigenvalue weighted by Crippen LogP contribution is 2.22. The van der Waals surface area contributed by atoms with E-state index in [1.807, 2.05) is 0 Å². The molecule has 0 aliphatic carbocycles. The highest BCUT2D eigenvalue weighted by molar-refractivity contribution is 5.73. The molecule has 4 N–H and O–H groups in total. The largest absolute Gasteiger partial charge is 0.394 e. The second-order valence-corrected chi connectivity index (χ2v) is 6.78. The summed E-state index contributed by atoms with van der Waals surface area (Å²) in [4.78, 5) is 11.3. The van der Waals surface area contributed by atoms with Gasteiger partial charge in [0.05, 0.1) is 6.61 Å². The van der Waals surface area contributed by atoms with Gasteiger partial charge in [0, 0.05) is 13.5 Å². The molecule has 0 bridgehead atoms. The van der Waals surface area contributed by atoms with E-state index in [1.54, 1.807) is 0 Å². The molecule has 1 aliphatic rings. The summed E-state index contributed by atoms with van der Waals surface area (Å²) in [6.07, 6.45) is 5.09. The Hall–Kier alpha value is -0.730. The van der Waals surface area contributed by atoms with Crippen LogP contribution in [0.3, 0.4) is 0 Å². The molecule has 5 atom stereocenters. The number of amides is 1. The molecule has 0 radical (unpaired) electrons. The maximum atomic E-state index is 11.3. The Labute approximate surface area is 150 Å². The third-order valence-corrected chi connectivity index (χ3v) is 4.53. The molecule has 25 heavy (non-hydrogen) atoms. The third-order valence-electron chi connectivity index (χ3n) is 4.53. The van der Waals surface area contributed by atoms with E-state index in [-0.39, 0.29) is 5.91 Å². The summed E-state index contributed by atoms with van der Waals surface area (Å²) >= 11 is 0. The van der Waals surface area contributed by atoms with Gasteiger partial charge in [-0.3, -0.25) is 4.79 Å². The number of carbonyl (C=O) groups is 1.